The Bertz CT molecular complexity index is 628. The molecule has 0 aliphatic carbocycles. The predicted octanol–water partition coefficient (Wildman–Crippen LogP) is 0.699. The smallest absolute Gasteiger partial charge is 0.243 e. The van der Waals surface area contributed by atoms with Gasteiger partial charge in [0.25, 0.3) is 0 Å². The predicted molar refractivity (Wildman–Crippen MR) is 76.4 cm³/mol. The first-order valence-corrected chi connectivity index (χ1v) is 8.21. The van der Waals surface area contributed by atoms with Gasteiger partial charge in [-0.1, -0.05) is 6.07 Å². The van der Waals surface area contributed by atoms with E-state index in [9.17, 15) is 17.6 Å². The number of carbonyl (C=O) groups excluding carboxylic acids is 1. The Morgan fingerprint density at radius 3 is 2.62 bits per heavy atom. The summed E-state index contributed by atoms with van der Waals surface area (Å²) in [6.45, 7) is 0.934. The molecule has 21 heavy (non-hydrogen) atoms. The molecule has 1 aliphatic rings. The molecule has 1 amide bonds. The molecule has 1 aliphatic heterocycles. The third-order valence-corrected chi connectivity index (χ3v) is 4.88. The molecule has 3 N–H and O–H groups in total. The summed E-state index contributed by atoms with van der Waals surface area (Å²) in [5.74, 6) is -1.09. The topological polar surface area (TPSA) is 92.5 Å². The zero-order valence-electron chi connectivity index (χ0n) is 11.5. The van der Waals surface area contributed by atoms with Gasteiger partial charge in [0, 0.05) is 13.1 Å². The van der Waals surface area contributed by atoms with E-state index in [4.69, 9.17) is 5.73 Å². The fraction of sp³-hybridized carbons (Fsp3) is 0.462. The lowest BCUT2D eigenvalue weighted by atomic mass is 10.1. The third kappa shape index (κ3) is 3.70. The fourth-order valence-corrected chi connectivity index (χ4v) is 3.35. The van der Waals surface area contributed by atoms with Crippen molar-refractivity contribution >= 4 is 21.6 Å². The molecule has 0 atom stereocenters. The lowest BCUT2D eigenvalue weighted by molar-refractivity contribution is -0.130. The maximum atomic E-state index is 13.3. The van der Waals surface area contributed by atoms with Gasteiger partial charge in [-0.05, 0) is 31.4 Å². The molecule has 0 radical (unpaired) electrons. The van der Waals surface area contributed by atoms with Crippen LogP contribution in [0.2, 0.25) is 0 Å². The molecule has 1 aromatic carbocycles. The van der Waals surface area contributed by atoms with Crippen molar-refractivity contribution in [1.82, 2.24) is 9.62 Å². The molecule has 0 bridgehead atoms. The van der Waals surface area contributed by atoms with E-state index in [1.807, 2.05) is 0 Å². The molecule has 2 rings (SSSR count). The lowest BCUT2D eigenvalue weighted by Gasteiger charge is -2.26. The number of para-hydroxylation sites is 1. The van der Waals surface area contributed by atoms with Gasteiger partial charge < -0.3 is 10.6 Å². The number of carbonyl (C=O) groups is 1. The maximum absolute atomic E-state index is 13.3. The number of halogens is 1. The highest BCUT2D eigenvalue weighted by Gasteiger charge is 2.22. The Hall–Kier alpha value is -1.67. The second kappa shape index (κ2) is 6.40. The van der Waals surface area contributed by atoms with E-state index in [1.54, 1.807) is 4.90 Å². The molecule has 1 fully saturated rings. The van der Waals surface area contributed by atoms with Crippen LogP contribution in [0.15, 0.2) is 23.1 Å². The number of nitrogens with one attached hydrogen (secondary N) is 1. The number of hydrogen-bond donors (Lipinski definition) is 2. The standard InChI is InChI=1S/C13H18FN3O3S/c14-10-5-4-6-11(13(10)15)21(19,20)16-9-12(18)17-7-2-1-3-8-17/h4-6,16H,1-3,7-9,15H2. The van der Waals surface area contributed by atoms with Crippen LogP contribution < -0.4 is 10.5 Å². The number of piperidine rings is 1. The van der Waals surface area contributed by atoms with Crippen molar-refractivity contribution in [1.29, 1.82) is 0 Å². The van der Waals surface area contributed by atoms with E-state index in [0.29, 0.717) is 13.1 Å². The summed E-state index contributed by atoms with van der Waals surface area (Å²) < 4.78 is 39.6. The highest BCUT2D eigenvalue weighted by atomic mass is 32.2. The monoisotopic (exact) mass is 315 g/mol. The number of likely N-dealkylation sites (tertiary alicyclic amines) is 1. The van der Waals surface area contributed by atoms with E-state index >= 15 is 0 Å². The van der Waals surface area contributed by atoms with Gasteiger partial charge >= 0.3 is 0 Å². The molecule has 1 aromatic rings. The van der Waals surface area contributed by atoms with Crippen LogP contribution in [0.25, 0.3) is 0 Å². The Balaban J connectivity index is 2.04. The van der Waals surface area contributed by atoms with Crippen LogP contribution in [0.4, 0.5) is 10.1 Å². The highest BCUT2D eigenvalue weighted by Crippen LogP contribution is 2.20. The Morgan fingerprint density at radius 1 is 1.29 bits per heavy atom. The molecule has 1 saturated heterocycles. The van der Waals surface area contributed by atoms with Gasteiger partial charge in [0.15, 0.2) is 0 Å². The summed E-state index contributed by atoms with van der Waals surface area (Å²) in [4.78, 5) is 13.2. The largest absolute Gasteiger partial charge is 0.395 e. The number of rotatable bonds is 4. The average Bonchev–Trinajstić information content (AvgIpc) is 2.48. The van der Waals surface area contributed by atoms with Crippen molar-refractivity contribution in [2.75, 3.05) is 25.4 Å². The zero-order valence-corrected chi connectivity index (χ0v) is 12.3. The summed E-state index contributed by atoms with van der Waals surface area (Å²) in [5.41, 5.74) is 4.98. The molecular weight excluding hydrogens is 297 g/mol. The molecule has 1 heterocycles. The number of nitrogens with two attached hydrogens (primary N) is 1. The number of anilines is 1. The first-order chi connectivity index (χ1) is 9.92. The van der Waals surface area contributed by atoms with Crippen molar-refractivity contribution in [2.45, 2.75) is 24.2 Å². The second-order valence-electron chi connectivity index (χ2n) is 4.92. The summed E-state index contributed by atoms with van der Waals surface area (Å²) in [7, 11) is -4.01. The van der Waals surface area contributed by atoms with E-state index in [1.165, 1.54) is 12.1 Å². The first-order valence-electron chi connectivity index (χ1n) is 6.73. The van der Waals surface area contributed by atoms with Gasteiger partial charge in [-0.3, -0.25) is 4.79 Å². The SMILES string of the molecule is Nc1c(F)cccc1S(=O)(=O)NCC(=O)N1CCCCC1. The Kier molecular flexibility index (Phi) is 4.79. The Morgan fingerprint density at radius 2 is 1.95 bits per heavy atom. The van der Waals surface area contributed by atoms with Crippen molar-refractivity contribution in [3.8, 4) is 0 Å². The van der Waals surface area contributed by atoms with Crippen LogP contribution in [0, 0.1) is 5.82 Å². The molecule has 0 unspecified atom stereocenters. The van der Waals surface area contributed by atoms with Crippen LogP contribution in [0.5, 0.6) is 0 Å². The van der Waals surface area contributed by atoms with Gasteiger partial charge in [-0.25, -0.2) is 17.5 Å². The van der Waals surface area contributed by atoms with E-state index in [-0.39, 0.29) is 17.3 Å². The summed E-state index contributed by atoms with van der Waals surface area (Å²) in [5, 5.41) is 0. The summed E-state index contributed by atoms with van der Waals surface area (Å²) in [6, 6.07) is 3.53. The number of benzene rings is 1. The fourth-order valence-electron chi connectivity index (χ4n) is 2.24. The van der Waals surface area contributed by atoms with Crippen LogP contribution in [-0.2, 0) is 14.8 Å². The normalized spacial score (nSPS) is 16.0. The molecule has 116 valence electrons. The van der Waals surface area contributed by atoms with Gasteiger partial charge in [-0.15, -0.1) is 0 Å². The van der Waals surface area contributed by atoms with E-state index in [2.05, 4.69) is 4.72 Å². The maximum Gasteiger partial charge on any atom is 0.243 e. The first kappa shape index (κ1) is 15.7. The van der Waals surface area contributed by atoms with Crippen molar-refractivity contribution in [3.63, 3.8) is 0 Å². The average molecular weight is 315 g/mol. The van der Waals surface area contributed by atoms with Crippen LogP contribution in [-0.4, -0.2) is 38.9 Å². The molecule has 8 heteroatoms. The Labute approximate surface area is 123 Å². The molecule has 0 aromatic heterocycles. The molecule has 6 nitrogen and oxygen atoms in total. The lowest BCUT2D eigenvalue weighted by Crippen LogP contribution is -2.42. The van der Waals surface area contributed by atoms with Crippen molar-refractivity contribution < 1.29 is 17.6 Å². The van der Waals surface area contributed by atoms with Crippen molar-refractivity contribution in [2.24, 2.45) is 0 Å². The molecule has 0 saturated carbocycles. The molecular formula is C13H18FN3O3S. The number of hydrogen-bond acceptors (Lipinski definition) is 4. The number of nitrogen functional groups attached to an aromatic ring is 1. The van der Waals surface area contributed by atoms with Gasteiger partial charge in [0.1, 0.15) is 10.7 Å². The number of amides is 1. The highest BCUT2D eigenvalue weighted by molar-refractivity contribution is 7.89. The van der Waals surface area contributed by atoms with Gasteiger partial charge in [-0.2, -0.15) is 0 Å². The zero-order chi connectivity index (χ0) is 15.5. The van der Waals surface area contributed by atoms with Gasteiger partial charge in [0.2, 0.25) is 15.9 Å². The van der Waals surface area contributed by atoms with E-state index < -0.39 is 21.5 Å². The van der Waals surface area contributed by atoms with Crippen LogP contribution >= 0.6 is 0 Å². The summed E-state index contributed by atoms with van der Waals surface area (Å²) in [6.07, 6.45) is 2.93. The second-order valence-corrected chi connectivity index (χ2v) is 6.65. The van der Waals surface area contributed by atoms with Crippen molar-refractivity contribution in [3.05, 3.63) is 24.0 Å². The minimum Gasteiger partial charge on any atom is -0.395 e. The van der Waals surface area contributed by atoms with E-state index in [0.717, 1.165) is 25.3 Å². The number of nitrogens with zero attached hydrogens (tertiary/aromatic N) is 1. The minimum atomic E-state index is -4.01. The third-order valence-electron chi connectivity index (χ3n) is 3.42. The van der Waals surface area contributed by atoms with Crippen LogP contribution in [0.1, 0.15) is 19.3 Å². The minimum absolute atomic E-state index is 0.284. The quantitative estimate of drug-likeness (QED) is 0.800. The van der Waals surface area contributed by atoms with Gasteiger partial charge in [0.05, 0.1) is 12.2 Å². The number of sulfonamides is 1. The molecule has 0 spiro atoms. The van der Waals surface area contributed by atoms with Crippen LogP contribution in [0.3, 0.4) is 0 Å². The summed E-state index contributed by atoms with van der Waals surface area (Å²) >= 11 is 0.